The van der Waals surface area contributed by atoms with E-state index in [-0.39, 0.29) is 11.9 Å². The van der Waals surface area contributed by atoms with Crippen molar-refractivity contribution >= 4 is 33.3 Å². The maximum Gasteiger partial charge on any atom is 0.262 e. The Kier molecular flexibility index (Phi) is 5.28. The van der Waals surface area contributed by atoms with Crippen LogP contribution in [0, 0.1) is 6.92 Å². The third kappa shape index (κ3) is 3.59. The molecular formula is C21H25N5OS. The standard InChI is InChI=1S/C21H25N5OS/c1-14-17-19(26-11-9-25(3)10-12-26)22-13-23-21(17)28-18(14)20(27)24-15(2)16-7-5-4-6-8-16/h4-8,13,15H,9-12H2,1-3H3,(H,24,27)/t15-/m1/s1. The lowest BCUT2D eigenvalue weighted by molar-refractivity contribution is 0.0943. The van der Waals surface area contributed by atoms with Gasteiger partial charge in [0, 0.05) is 26.2 Å². The van der Waals surface area contributed by atoms with Crippen LogP contribution in [-0.2, 0) is 0 Å². The van der Waals surface area contributed by atoms with Gasteiger partial charge in [-0.25, -0.2) is 9.97 Å². The van der Waals surface area contributed by atoms with Crippen molar-refractivity contribution in [3.8, 4) is 0 Å². The normalized spacial score (nSPS) is 16.3. The van der Waals surface area contributed by atoms with Gasteiger partial charge >= 0.3 is 0 Å². The third-order valence-electron chi connectivity index (χ3n) is 5.36. The Balaban J connectivity index is 1.62. The predicted octanol–water partition coefficient (Wildman–Crippen LogP) is 3.24. The topological polar surface area (TPSA) is 61.4 Å². The van der Waals surface area contributed by atoms with Gasteiger partial charge in [0.1, 0.15) is 17.0 Å². The molecule has 0 saturated carbocycles. The minimum atomic E-state index is -0.0545. The lowest BCUT2D eigenvalue weighted by Crippen LogP contribution is -2.44. The van der Waals surface area contributed by atoms with Gasteiger partial charge in [-0.05, 0) is 32.0 Å². The summed E-state index contributed by atoms with van der Waals surface area (Å²) in [5.74, 6) is 0.892. The summed E-state index contributed by atoms with van der Waals surface area (Å²) in [5.41, 5.74) is 2.06. The van der Waals surface area contributed by atoms with Gasteiger partial charge < -0.3 is 15.1 Å². The number of carbonyl (C=O) groups is 1. The Morgan fingerprint density at radius 2 is 1.86 bits per heavy atom. The molecule has 2 aromatic heterocycles. The van der Waals surface area contributed by atoms with Gasteiger partial charge in [0.15, 0.2) is 0 Å². The van der Waals surface area contributed by atoms with Crippen molar-refractivity contribution in [1.29, 1.82) is 0 Å². The molecule has 0 radical (unpaired) electrons. The number of nitrogens with one attached hydrogen (secondary N) is 1. The van der Waals surface area contributed by atoms with Crippen LogP contribution < -0.4 is 10.2 Å². The minimum absolute atomic E-state index is 0.0542. The largest absolute Gasteiger partial charge is 0.353 e. The van der Waals surface area contributed by atoms with Crippen LogP contribution in [0.3, 0.4) is 0 Å². The first kappa shape index (κ1) is 18.8. The van der Waals surface area contributed by atoms with Gasteiger partial charge in [-0.1, -0.05) is 30.3 Å². The number of nitrogens with zero attached hydrogens (tertiary/aromatic N) is 4. The number of anilines is 1. The second-order valence-corrected chi connectivity index (χ2v) is 8.33. The van der Waals surface area contributed by atoms with Gasteiger partial charge in [-0.15, -0.1) is 11.3 Å². The van der Waals surface area contributed by atoms with E-state index < -0.39 is 0 Å². The molecule has 28 heavy (non-hydrogen) atoms. The first-order chi connectivity index (χ1) is 13.5. The number of hydrogen-bond acceptors (Lipinski definition) is 6. The van der Waals surface area contributed by atoms with E-state index in [0.717, 1.165) is 53.3 Å². The maximum atomic E-state index is 13.0. The number of likely N-dealkylation sites (N-methyl/N-ethyl adjacent to an activating group) is 1. The van der Waals surface area contributed by atoms with Crippen LogP contribution in [0.25, 0.3) is 10.2 Å². The van der Waals surface area contributed by atoms with Crippen LogP contribution in [0.15, 0.2) is 36.7 Å². The number of piperazine rings is 1. The molecule has 6 nitrogen and oxygen atoms in total. The molecule has 0 unspecified atom stereocenters. The van der Waals surface area contributed by atoms with Gasteiger partial charge in [0.2, 0.25) is 0 Å². The Morgan fingerprint density at radius 3 is 2.57 bits per heavy atom. The molecule has 0 aliphatic carbocycles. The van der Waals surface area contributed by atoms with Crippen molar-refractivity contribution in [2.45, 2.75) is 19.9 Å². The van der Waals surface area contributed by atoms with Crippen molar-refractivity contribution in [3.05, 3.63) is 52.7 Å². The monoisotopic (exact) mass is 395 g/mol. The summed E-state index contributed by atoms with van der Waals surface area (Å²) in [4.78, 5) is 28.2. The van der Waals surface area contributed by atoms with E-state index in [2.05, 4.69) is 32.1 Å². The molecule has 3 aromatic rings. The average Bonchev–Trinajstić information content (AvgIpc) is 3.06. The zero-order valence-corrected chi connectivity index (χ0v) is 17.3. The molecule has 1 amide bonds. The van der Waals surface area contributed by atoms with Crippen molar-refractivity contribution in [2.24, 2.45) is 0 Å². The molecule has 1 N–H and O–H groups in total. The van der Waals surface area contributed by atoms with Crippen molar-refractivity contribution in [2.75, 3.05) is 38.1 Å². The molecule has 1 aliphatic heterocycles. The van der Waals surface area contributed by atoms with E-state index in [1.165, 1.54) is 11.3 Å². The number of benzene rings is 1. The number of fused-ring (bicyclic) bond motifs is 1. The number of thiophene rings is 1. The fourth-order valence-electron chi connectivity index (χ4n) is 3.61. The number of amides is 1. The highest BCUT2D eigenvalue weighted by Crippen LogP contribution is 2.35. The first-order valence-electron chi connectivity index (χ1n) is 9.58. The lowest BCUT2D eigenvalue weighted by Gasteiger charge is -2.33. The number of rotatable bonds is 4. The summed E-state index contributed by atoms with van der Waals surface area (Å²) >= 11 is 1.45. The number of carbonyl (C=O) groups excluding carboxylic acids is 1. The average molecular weight is 396 g/mol. The minimum Gasteiger partial charge on any atom is -0.353 e. The molecule has 1 fully saturated rings. The van der Waals surface area contributed by atoms with Crippen molar-refractivity contribution in [1.82, 2.24) is 20.2 Å². The van der Waals surface area contributed by atoms with E-state index in [4.69, 9.17) is 0 Å². The molecule has 1 atom stereocenters. The fourth-order valence-corrected chi connectivity index (χ4v) is 4.66. The highest BCUT2D eigenvalue weighted by Gasteiger charge is 2.24. The zero-order chi connectivity index (χ0) is 19.7. The second-order valence-electron chi connectivity index (χ2n) is 7.33. The summed E-state index contributed by atoms with van der Waals surface area (Å²) in [6.45, 7) is 7.90. The van der Waals surface area contributed by atoms with E-state index in [1.807, 2.05) is 44.2 Å². The molecule has 3 heterocycles. The van der Waals surface area contributed by atoms with Crippen LogP contribution in [0.2, 0.25) is 0 Å². The third-order valence-corrected chi connectivity index (χ3v) is 6.56. The van der Waals surface area contributed by atoms with Crippen LogP contribution >= 0.6 is 11.3 Å². The first-order valence-corrected chi connectivity index (χ1v) is 10.4. The zero-order valence-electron chi connectivity index (χ0n) is 16.5. The quantitative estimate of drug-likeness (QED) is 0.735. The van der Waals surface area contributed by atoms with Gasteiger partial charge in [0.25, 0.3) is 5.91 Å². The SMILES string of the molecule is Cc1c(C(=O)N[C@H](C)c2ccccc2)sc2ncnc(N3CCN(C)CC3)c12. The highest BCUT2D eigenvalue weighted by atomic mass is 32.1. The molecule has 0 spiro atoms. The molecule has 146 valence electrons. The molecule has 1 aromatic carbocycles. The molecule has 0 bridgehead atoms. The van der Waals surface area contributed by atoms with E-state index in [9.17, 15) is 4.79 Å². The van der Waals surface area contributed by atoms with Gasteiger partial charge in [-0.3, -0.25) is 4.79 Å². The number of aromatic nitrogens is 2. The predicted molar refractivity (Wildman–Crippen MR) is 114 cm³/mol. The Bertz CT molecular complexity index is 979. The number of aryl methyl sites for hydroxylation is 1. The fraction of sp³-hybridized carbons (Fsp3) is 0.381. The van der Waals surface area contributed by atoms with Crippen LogP contribution in [0.5, 0.6) is 0 Å². The van der Waals surface area contributed by atoms with E-state index in [1.54, 1.807) is 6.33 Å². The van der Waals surface area contributed by atoms with Crippen LogP contribution in [0.1, 0.15) is 33.8 Å². The Morgan fingerprint density at radius 1 is 1.14 bits per heavy atom. The summed E-state index contributed by atoms with van der Waals surface area (Å²) in [6.07, 6.45) is 1.61. The van der Waals surface area contributed by atoms with Crippen molar-refractivity contribution in [3.63, 3.8) is 0 Å². The molecule has 7 heteroatoms. The highest BCUT2D eigenvalue weighted by molar-refractivity contribution is 7.20. The van der Waals surface area contributed by atoms with E-state index in [0.29, 0.717) is 4.88 Å². The van der Waals surface area contributed by atoms with Crippen molar-refractivity contribution < 1.29 is 4.79 Å². The van der Waals surface area contributed by atoms with Crippen LogP contribution in [0.4, 0.5) is 5.82 Å². The molecule has 1 aliphatic rings. The lowest BCUT2D eigenvalue weighted by atomic mass is 10.1. The Labute approximate surface area is 169 Å². The number of hydrogen-bond donors (Lipinski definition) is 1. The second kappa shape index (κ2) is 7.85. The summed E-state index contributed by atoms with van der Waals surface area (Å²) in [5, 5.41) is 4.13. The molecule has 4 rings (SSSR count). The molecule has 1 saturated heterocycles. The smallest absolute Gasteiger partial charge is 0.262 e. The maximum absolute atomic E-state index is 13.0. The van der Waals surface area contributed by atoms with Crippen LogP contribution in [-0.4, -0.2) is 54.0 Å². The Hall–Kier alpha value is -2.51. The van der Waals surface area contributed by atoms with E-state index >= 15 is 0 Å². The van der Waals surface area contributed by atoms with Gasteiger partial charge in [0.05, 0.1) is 16.3 Å². The molecular weight excluding hydrogens is 370 g/mol. The summed E-state index contributed by atoms with van der Waals surface area (Å²) < 4.78 is 0. The summed E-state index contributed by atoms with van der Waals surface area (Å²) in [7, 11) is 2.14. The van der Waals surface area contributed by atoms with Gasteiger partial charge in [-0.2, -0.15) is 0 Å². The summed E-state index contributed by atoms with van der Waals surface area (Å²) in [6, 6.07) is 9.95.